The lowest BCUT2D eigenvalue weighted by molar-refractivity contribution is 0.315. The Hall–Kier alpha value is -2.79. The Morgan fingerprint density at radius 1 is 1.19 bits per heavy atom. The molecule has 1 aromatic heterocycles. The van der Waals surface area contributed by atoms with Crippen LogP contribution in [0.1, 0.15) is 17.5 Å². The second-order valence-corrected chi connectivity index (χ2v) is 7.51. The van der Waals surface area contributed by atoms with E-state index in [-0.39, 0.29) is 5.88 Å². The van der Waals surface area contributed by atoms with Gasteiger partial charge >= 0.3 is 0 Å². The number of rotatable bonds is 4. The zero-order valence-electron chi connectivity index (χ0n) is 16.1. The summed E-state index contributed by atoms with van der Waals surface area (Å²) in [5, 5.41) is 11.3. The summed E-state index contributed by atoms with van der Waals surface area (Å²) in [6.45, 7) is 4.20. The van der Waals surface area contributed by atoms with Crippen molar-refractivity contribution in [2.24, 2.45) is 4.99 Å². The van der Waals surface area contributed by atoms with Gasteiger partial charge in [-0.05, 0) is 63.3 Å². The first-order valence-corrected chi connectivity index (χ1v) is 9.38. The fourth-order valence-electron chi connectivity index (χ4n) is 3.85. The van der Waals surface area contributed by atoms with Gasteiger partial charge < -0.3 is 19.9 Å². The number of H-pyrrole nitrogens is 1. The number of aromatic amines is 1. The lowest BCUT2D eigenvalue weighted by Gasteiger charge is -2.21. The molecule has 0 radical (unpaired) electrons. The van der Waals surface area contributed by atoms with Gasteiger partial charge in [-0.25, -0.2) is 0 Å². The normalized spacial score (nSPS) is 17.6. The summed E-state index contributed by atoms with van der Waals surface area (Å²) in [6.07, 6.45) is 2.94. The molecule has 1 atom stereocenters. The van der Waals surface area contributed by atoms with Crippen molar-refractivity contribution in [1.82, 2.24) is 9.88 Å². The molecule has 2 heterocycles. The number of likely N-dealkylation sites (N-methyl/N-ethyl adjacent to an activating group) is 1. The smallest absolute Gasteiger partial charge is 0.198 e. The molecule has 27 heavy (non-hydrogen) atoms. The average molecular weight is 362 g/mol. The number of aliphatic imine (C=N–C) groups is 1. The summed E-state index contributed by atoms with van der Waals surface area (Å²) in [7, 11) is 4.29. The van der Waals surface area contributed by atoms with Crippen LogP contribution in [0.3, 0.4) is 0 Å². The Balaban J connectivity index is 1.53. The van der Waals surface area contributed by atoms with Crippen molar-refractivity contribution in [2.45, 2.75) is 19.4 Å². The van der Waals surface area contributed by atoms with Crippen LogP contribution in [0.2, 0.25) is 0 Å². The summed E-state index contributed by atoms with van der Waals surface area (Å²) in [5.74, 6) is 0.159. The van der Waals surface area contributed by atoms with E-state index in [0.717, 1.165) is 40.8 Å². The van der Waals surface area contributed by atoms with Crippen molar-refractivity contribution in [3.63, 3.8) is 0 Å². The lowest BCUT2D eigenvalue weighted by Crippen LogP contribution is -2.31. The number of anilines is 1. The summed E-state index contributed by atoms with van der Waals surface area (Å²) in [6, 6.07) is 14.9. The fourth-order valence-corrected chi connectivity index (χ4v) is 3.85. The topological polar surface area (TPSA) is 54.9 Å². The Bertz CT molecular complexity index is 972. The van der Waals surface area contributed by atoms with Crippen molar-refractivity contribution in [1.29, 1.82) is 0 Å². The highest BCUT2D eigenvalue weighted by Gasteiger charge is 2.23. The molecule has 5 heteroatoms. The predicted octanol–water partition coefficient (Wildman–Crippen LogP) is 4.07. The van der Waals surface area contributed by atoms with E-state index in [9.17, 15) is 5.11 Å². The maximum Gasteiger partial charge on any atom is 0.198 e. The second kappa shape index (κ2) is 7.08. The van der Waals surface area contributed by atoms with Crippen LogP contribution in [0, 0.1) is 6.92 Å². The highest BCUT2D eigenvalue weighted by atomic mass is 16.3. The van der Waals surface area contributed by atoms with Gasteiger partial charge in [0.2, 0.25) is 0 Å². The van der Waals surface area contributed by atoms with Gasteiger partial charge in [-0.2, -0.15) is 0 Å². The number of aromatic hydroxyl groups is 1. The molecule has 2 aromatic carbocycles. The Morgan fingerprint density at radius 3 is 2.67 bits per heavy atom. The van der Waals surface area contributed by atoms with E-state index in [0.29, 0.717) is 6.04 Å². The summed E-state index contributed by atoms with van der Waals surface area (Å²) >= 11 is 0. The lowest BCUT2D eigenvalue weighted by atomic mass is 10.1. The molecule has 4 rings (SSSR count). The van der Waals surface area contributed by atoms with Gasteiger partial charge in [0, 0.05) is 41.9 Å². The summed E-state index contributed by atoms with van der Waals surface area (Å²) in [5.41, 5.74) is 4.90. The zero-order chi connectivity index (χ0) is 19.0. The first-order valence-electron chi connectivity index (χ1n) is 9.38. The Labute approximate surface area is 160 Å². The molecular formula is C22H26N4O. The number of hydrogen-bond acceptors (Lipinski definition) is 4. The molecule has 3 aromatic rings. The molecule has 1 unspecified atom stereocenters. The third-order valence-corrected chi connectivity index (χ3v) is 5.50. The highest BCUT2D eigenvalue weighted by Crippen LogP contribution is 2.29. The molecule has 140 valence electrons. The Morgan fingerprint density at radius 2 is 1.96 bits per heavy atom. The van der Waals surface area contributed by atoms with E-state index in [2.05, 4.69) is 46.0 Å². The number of aryl methyl sites for hydroxylation is 1. The number of benzene rings is 2. The van der Waals surface area contributed by atoms with Crippen LogP contribution in [0.15, 0.2) is 47.5 Å². The number of nitrogens with one attached hydrogen (secondary N) is 1. The van der Waals surface area contributed by atoms with Crippen molar-refractivity contribution in [2.75, 3.05) is 32.1 Å². The minimum Gasteiger partial charge on any atom is -0.494 e. The van der Waals surface area contributed by atoms with Crippen molar-refractivity contribution >= 4 is 28.5 Å². The van der Waals surface area contributed by atoms with Crippen LogP contribution < -0.4 is 4.90 Å². The van der Waals surface area contributed by atoms with Gasteiger partial charge in [0.05, 0.1) is 11.3 Å². The van der Waals surface area contributed by atoms with Gasteiger partial charge in [-0.1, -0.05) is 12.1 Å². The van der Waals surface area contributed by atoms with E-state index >= 15 is 0 Å². The van der Waals surface area contributed by atoms with E-state index in [1.54, 1.807) is 6.21 Å². The molecule has 0 spiro atoms. The molecule has 0 saturated carbocycles. The minimum absolute atomic E-state index is 0.159. The first kappa shape index (κ1) is 17.6. The first-order chi connectivity index (χ1) is 13.0. The summed E-state index contributed by atoms with van der Waals surface area (Å²) in [4.78, 5) is 12.3. The van der Waals surface area contributed by atoms with Gasteiger partial charge in [0.1, 0.15) is 0 Å². The van der Waals surface area contributed by atoms with E-state index in [1.807, 2.05) is 37.3 Å². The summed E-state index contributed by atoms with van der Waals surface area (Å²) < 4.78 is 0. The molecule has 1 aliphatic heterocycles. The maximum atomic E-state index is 10.2. The molecule has 1 saturated heterocycles. The number of aromatic nitrogens is 1. The third kappa shape index (κ3) is 3.43. The molecular weight excluding hydrogens is 336 g/mol. The molecule has 0 amide bonds. The van der Waals surface area contributed by atoms with Gasteiger partial charge in [0.25, 0.3) is 0 Å². The van der Waals surface area contributed by atoms with Gasteiger partial charge in [-0.15, -0.1) is 0 Å². The molecule has 2 N–H and O–H groups in total. The second-order valence-electron chi connectivity index (χ2n) is 7.51. The van der Waals surface area contributed by atoms with Crippen LogP contribution >= 0.6 is 0 Å². The molecule has 1 fully saturated rings. The van der Waals surface area contributed by atoms with Crippen LogP contribution in [0.25, 0.3) is 10.9 Å². The molecule has 1 aliphatic rings. The third-order valence-electron chi connectivity index (χ3n) is 5.50. The predicted molar refractivity (Wildman–Crippen MR) is 113 cm³/mol. The van der Waals surface area contributed by atoms with Gasteiger partial charge in [-0.3, -0.25) is 4.99 Å². The largest absolute Gasteiger partial charge is 0.494 e. The maximum absolute atomic E-state index is 10.2. The molecule has 0 bridgehead atoms. The monoisotopic (exact) mass is 362 g/mol. The molecule has 0 aliphatic carbocycles. The highest BCUT2D eigenvalue weighted by molar-refractivity contribution is 6.04. The SMILES string of the molecule is Cc1cccc2[nH]c(O)c(C=Nc3ccc(N4CCC(N(C)C)C4)cc3)c12. The van der Waals surface area contributed by atoms with Gasteiger partial charge in [0.15, 0.2) is 5.88 Å². The van der Waals surface area contributed by atoms with E-state index in [1.165, 1.54) is 12.1 Å². The average Bonchev–Trinajstić information content (AvgIpc) is 3.26. The van der Waals surface area contributed by atoms with Crippen molar-refractivity contribution < 1.29 is 5.11 Å². The van der Waals surface area contributed by atoms with E-state index < -0.39 is 0 Å². The minimum atomic E-state index is 0.159. The van der Waals surface area contributed by atoms with Crippen molar-refractivity contribution in [3.8, 4) is 5.88 Å². The van der Waals surface area contributed by atoms with E-state index in [4.69, 9.17) is 0 Å². The number of hydrogen-bond donors (Lipinski definition) is 2. The van der Waals surface area contributed by atoms with Crippen LogP contribution in [-0.4, -0.2) is 54.4 Å². The van der Waals surface area contributed by atoms with Crippen LogP contribution in [0.5, 0.6) is 5.88 Å². The zero-order valence-corrected chi connectivity index (χ0v) is 16.1. The van der Waals surface area contributed by atoms with Crippen molar-refractivity contribution in [3.05, 3.63) is 53.6 Å². The number of nitrogens with zero attached hydrogens (tertiary/aromatic N) is 3. The van der Waals surface area contributed by atoms with Crippen LogP contribution in [0.4, 0.5) is 11.4 Å². The quantitative estimate of drug-likeness (QED) is 0.688. The number of fused-ring (bicyclic) bond motifs is 1. The fraction of sp³-hybridized carbons (Fsp3) is 0.318. The standard InChI is InChI=1S/C22H26N4O/c1-15-5-4-6-20-21(15)19(22(27)24-20)13-23-16-7-9-17(10-8-16)26-12-11-18(14-26)25(2)3/h4-10,13,18,24,27H,11-12,14H2,1-3H3. The molecule has 5 nitrogen and oxygen atoms in total. The van der Waals surface area contributed by atoms with Crippen LogP contribution in [-0.2, 0) is 0 Å². The Kier molecular flexibility index (Phi) is 4.62.